The molecule has 21 heavy (non-hydrogen) atoms. The van der Waals surface area contributed by atoms with Crippen LogP contribution in [0.15, 0.2) is 30.3 Å². The maximum atomic E-state index is 6.14. The molecule has 0 aromatic heterocycles. The molecule has 2 aromatic rings. The lowest BCUT2D eigenvalue weighted by atomic mass is 9.89. The Labute approximate surface area is 126 Å². The Morgan fingerprint density at radius 1 is 1.10 bits per heavy atom. The summed E-state index contributed by atoms with van der Waals surface area (Å²) in [5.74, 6) is 1.88. The SMILES string of the molecule is Cc1c(N)cc2c(c1C)OCC2c1ccc(C(C)C)cc1. The van der Waals surface area contributed by atoms with Gasteiger partial charge in [0.1, 0.15) is 5.75 Å². The average molecular weight is 281 g/mol. The molecule has 2 aromatic carbocycles. The number of benzene rings is 2. The highest BCUT2D eigenvalue weighted by Crippen LogP contribution is 2.43. The van der Waals surface area contributed by atoms with Crippen molar-refractivity contribution in [1.82, 2.24) is 0 Å². The molecule has 0 fully saturated rings. The average Bonchev–Trinajstić information content (AvgIpc) is 2.88. The monoisotopic (exact) mass is 281 g/mol. The molecule has 0 spiro atoms. The zero-order valence-electron chi connectivity index (χ0n) is 13.2. The Bertz CT molecular complexity index is 671. The molecule has 0 saturated carbocycles. The van der Waals surface area contributed by atoms with Crippen molar-refractivity contribution in [1.29, 1.82) is 0 Å². The lowest BCUT2D eigenvalue weighted by Crippen LogP contribution is -2.03. The standard InChI is InChI=1S/C19H23NO/c1-11(2)14-5-7-15(8-6-14)17-10-21-19-13(4)12(3)18(20)9-16(17)19/h5-9,11,17H,10,20H2,1-4H3. The predicted molar refractivity (Wildman–Crippen MR) is 88.2 cm³/mol. The quantitative estimate of drug-likeness (QED) is 0.821. The zero-order valence-corrected chi connectivity index (χ0v) is 13.2. The summed E-state index contributed by atoms with van der Waals surface area (Å²) in [6.45, 7) is 9.29. The Hall–Kier alpha value is -1.96. The number of nitrogen functional groups attached to an aromatic ring is 1. The Balaban J connectivity index is 2.01. The van der Waals surface area contributed by atoms with Crippen LogP contribution >= 0.6 is 0 Å². The second-order valence-corrected chi connectivity index (χ2v) is 6.32. The minimum Gasteiger partial charge on any atom is -0.492 e. The minimum atomic E-state index is 0.294. The van der Waals surface area contributed by atoms with Crippen molar-refractivity contribution in [2.24, 2.45) is 0 Å². The molecule has 1 aliphatic heterocycles. The van der Waals surface area contributed by atoms with Crippen LogP contribution in [-0.4, -0.2) is 6.61 Å². The molecule has 0 radical (unpaired) electrons. The summed E-state index contributed by atoms with van der Waals surface area (Å²) in [6.07, 6.45) is 0. The van der Waals surface area contributed by atoms with Crippen LogP contribution in [0.25, 0.3) is 0 Å². The van der Waals surface area contributed by atoms with Gasteiger partial charge < -0.3 is 10.5 Å². The third kappa shape index (κ3) is 2.29. The summed E-state index contributed by atoms with van der Waals surface area (Å²) < 4.78 is 5.95. The third-order valence-electron chi connectivity index (χ3n) is 4.68. The van der Waals surface area contributed by atoms with E-state index in [0.717, 1.165) is 17.0 Å². The summed E-state index contributed by atoms with van der Waals surface area (Å²) in [4.78, 5) is 0. The minimum absolute atomic E-state index is 0.294. The first-order valence-corrected chi connectivity index (χ1v) is 7.61. The van der Waals surface area contributed by atoms with Crippen LogP contribution in [-0.2, 0) is 0 Å². The highest BCUT2D eigenvalue weighted by molar-refractivity contribution is 5.62. The predicted octanol–water partition coefficient (Wildman–Crippen LogP) is 4.53. The van der Waals surface area contributed by atoms with E-state index < -0.39 is 0 Å². The van der Waals surface area contributed by atoms with Gasteiger partial charge in [0.2, 0.25) is 0 Å². The number of hydrogen-bond acceptors (Lipinski definition) is 2. The molecular formula is C19H23NO. The maximum Gasteiger partial charge on any atom is 0.126 e. The van der Waals surface area contributed by atoms with E-state index in [4.69, 9.17) is 10.5 Å². The first-order valence-electron chi connectivity index (χ1n) is 7.61. The van der Waals surface area contributed by atoms with Gasteiger partial charge in [-0.3, -0.25) is 0 Å². The molecule has 0 aliphatic carbocycles. The van der Waals surface area contributed by atoms with Crippen LogP contribution in [0, 0.1) is 13.8 Å². The van der Waals surface area contributed by atoms with Crippen LogP contribution in [0.5, 0.6) is 5.75 Å². The number of fused-ring (bicyclic) bond motifs is 1. The fraction of sp³-hybridized carbons (Fsp3) is 0.368. The summed E-state index contributed by atoms with van der Waals surface area (Å²) in [5.41, 5.74) is 13.2. The maximum absolute atomic E-state index is 6.14. The lowest BCUT2D eigenvalue weighted by Gasteiger charge is -2.14. The van der Waals surface area contributed by atoms with Crippen molar-refractivity contribution < 1.29 is 4.74 Å². The molecule has 1 aliphatic rings. The topological polar surface area (TPSA) is 35.2 Å². The molecule has 2 nitrogen and oxygen atoms in total. The molecule has 3 rings (SSSR count). The van der Waals surface area contributed by atoms with Crippen LogP contribution < -0.4 is 10.5 Å². The summed E-state index contributed by atoms with van der Waals surface area (Å²) in [7, 11) is 0. The van der Waals surface area contributed by atoms with Gasteiger partial charge in [0.15, 0.2) is 0 Å². The summed E-state index contributed by atoms with van der Waals surface area (Å²) in [6, 6.07) is 11.0. The van der Waals surface area contributed by atoms with E-state index in [1.807, 2.05) is 0 Å². The van der Waals surface area contributed by atoms with E-state index in [1.54, 1.807) is 0 Å². The number of anilines is 1. The number of ether oxygens (including phenoxy) is 1. The van der Waals surface area contributed by atoms with Crippen molar-refractivity contribution >= 4 is 5.69 Å². The lowest BCUT2D eigenvalue weighted by molar-refractivity contribution is 0.341. The van der Waals surface area contributed by atoms with Gasteiger partial charge in [0.25, 0.3) is 0 Å². The van der Waals surface area contributed by atoms with E-state index in [2.05, 4.69) is 58.0 Å². The molecule has 110 valence electrons. The van der Waals surface area contributed by atoms with Crippen molar-refractivity contribution in [3.63, 3.8) is 0 Å². The van der Waals surface area contributed by atoms with Gasteiger partial charge in [-0.15, -0.1) is 0 Å². The first-order chi connectivity index (χ1) is 9.99. The van der Waals surface area contributed by atoms with E-state index in [1.165, 1.54) is 22.3 Å². The molecule has 1 heterocycles. The van der Waals surface area contributed by atoms with E-state index in [9.17, 15) is 0 Å². The van der Waals surface area contributed by atoms with E-state index in [0.29, 0.717) is 18.4 Å². The van der Waals surface area contributed by atoms with Crippen molar-refractivity contribution in [3.05, 3.63) is 58.1 Å². The normalized spacial score (nSPS) is 16.9. The smallest absolute Gasteiger partial charge is 0.126 e. The second-order valence-electron chi connectivity index (χ2n) is 6.32. The van der Waals surface area contributed by atoms with Crippen LogP contribution in [0.4, 0.5) is 5.69 Å². The third-order valence-corrected chi connectivity index (χ3v) is 4.68. The number of rotatable bonds is 2. The van der Waals surface area contributed by atoms with Crippen molar-refractivity contribution in [3.8, 4) is 5.75 Å². The molecule has 2 N–H and O–H groups in total. The molecule has 0 saturated heterocycles. The van der Waals surface area contributed by atoms with E-state index in [-0.39, 0.29) is 0 Å². The Morgan fingerprint density at radius 2 is 1.76 bits per heavy atom. The van der Waals surface area contributed by atoms with Gasteiger partial charge in [-0.05, 0) is 48.1 Å². The van der Waals surface area contributed by atoms with Gasteiger partial charge >= 0.3 is 0 Å². The molecular weight excluding hydrogens is 258 g/mol. The largest absolute Gasteiger partial charge is 0.492 e. The van der Waals surface area contributed by atoms with Gasteiger partial charge in [0, 0.05) is 17.2 Å². The first kappa shape index (κ1) is 14.0. The highest BCUT2D eigenvalue weighted by atomic mass is 16.5. The molecule has 2 heteroatoms. The van der Waals surface area contributed by atoms with Crippen LogP contribution in [0.2, 0.25) is 0 Å². The van der Waals surface area contributed by atoms with Gasteiger partial charge in [-0.1, -0.05) is 38.1 Å². The van der Waals surface area contributed by atoms with Crippen LogP contribution in [0.3, 0.4) is 0 Å². The molecule has 1 unspecified atom stereocenters. The fourth-order valence-corrected chi connectivity index (χ4v) is 3.04. The zero-order chi connectivity index (χ0) is 15.1. The molecule has 0 amide bonds. The Morgan fingerprint density at radius 3 is 2.38 bits per heavy atom. The molecule has 0 bridgehead atoms. The summed E-state index contributed by atoms with van der Waals surface area (Å²) in [5, 5.41) is 0. The number of nitrogens with two attached hydrogens (primary N) is 1. The van der Waals surface area contributed by atoms with Gasteiger partial charge in [-0.2, -0.15) is 0 Å². The van der Waals surface area contributed by atoms with Gasteiger partial charge in [-0.25, -0.2) is 0 Å². The second kappa shape index (κ2) is 5.10. The number of hydrogen-bond donors (Lipinski definition) is 1. The van der Waals surface area contributed by atoms with Gasteiger partial charge in [0.05, 0.1) is 6.61 Å². The van der Waals surface area contributed by atoms with E-state index >= 15 is 0 Å². The van der Waals surface area contributed by atoms with Crippen LogP contribution in [0.1, 0.15) is 53.5 Å². The van der Waals surface area contributed by atoms with Crippen molar-refractivity contribution in [2.45, 2.75) is 39.5 Å². The fourth-order valence-electron chi connectivity index (χ4n) is 3.04. The molecule has 1 atom stereocenters. The van der Waals surface area contributed by atoms with Crippen molar-refractivity contribution in [2.75, 3.05) is 12.3 Å². The summed E-state index contributed by atoms with van der Waals surface area (Å²) >= 11 is 0. The Kier molecular flexibility index (Phi) is 3.40. The highest BCUT2D eigenvalue weighted by Gasteiger charge is 2.28.